The highest BCUT2D eigenvalue weighted by Crippen LogP contribution is 2.23. The highest BCUT2D eigenvalue weighted by atomic mass is 35.5. The van der Waals surface area contributed by atoms with E-state index in [-0.39, 0.29) is 17.9 Å². The quantitative estimate of drug-likeness (QED) is 0.542. The molecule has 0 bridgehead atoms. The van der Waals surface area contributed by atoms with Gasteiger partial charge >= 0.3 is 0 Å². The van der Waals surface area contributed by atoms with E-state index in [0.29, 0.717) is 22.1 Å². The maximum absolute atomic E-state index is 12.5. The van der Waals surface area contributed by atoms with E-state index in [1.807, 2.05) is 42.5 Å². The number of nitrogens with zero attached hydrogens (tertiary/aromatic N) is 1. The molecule has 0 aliphatic carbocycles. The first-order chi connectivity index (χ1) is 13.6. The lowest BCUT2D eigenvalue weighted by Gasteiger charge is -2.09. The van der Waals surface area contributed by atoms with Crippen molar-refractivity contribution >= 4 is 34.0 Å². The van der Waals surface area contributed by atoms with Crippen molar-refractivity contribution < 1.29 is 4.79 Å². The zero-order chi connectivity index (χ0) is 19.5. The van der Waals surface area contributed by atoms with Crippen LogP contribution in [-0.2, 0) is 11.2 Å². The third-order valence-corrected chi connectivity index (χ3v) is 4.66. The average Bonchev–Trinajstić information content (AvgIpc) is 2.70. The second-order valence-electron chi connectivity index (χ2n) is 6.34. The standard InChI is InChI=1S/C22H16ClN3O2/c23-17-10-8-15(9-11-17)21-24-13-16(22(28)26-21)12-20(27)25-19-7-3-5-14-4-1-2-6-18(14)19/h1-11,13H,12H2,(H,25,27)(H,24,26,28). The van der Waals surface area contributed by atoms with E-state index >= 15 is 0 Å². The summed E-state index contributed by atoms with van der Waals surface area (Å²) in [7, 11) is 0. The molecule has 4 aromatic rings. The summed E-state index contributed by atoms with van der Waals surface area (Å²) in [5, 5.41) is 5.47. The maximum Gasteiger partial charge on any atom is 0.254 e. The second-order valence-corrected chi connectivity index (χ2v) is 6.78. The van der Waals surface area contributed by atoms with Crippen molar-refractivity contribution in [3.8, 4) is 11.4 Å². The minimum Gasteiger partial charge on any atom is -0.325 e. The Morgan fingerprint density at radius 2 is 1.75 bits per heavy atom. The number of hydrogen-bond donors (Lipinski definition) is 2. The lowest BCUT2D eigenvalue weighted by atomic mass is 10.1. The summed E-state index contributed by atoms with van der Waals surface area (Å²) in [6.07, 6.45) is 1.37. The Hall–Kier alpha value is -3.44. The number of fused-ring (bicyclic) bond motifs is 1. The molecule has 3 aromatic carbocycles. The minimum atomic E-state index is -0.340. The molecule has 6 heteroatoms. The highest BCUT2D eigenvalue weighted by Gasteiger charge is 2.11. The van der Waals surface area contributed by atoms with Gasteiger partial charge in [0.05, 0.1) is 6.42 Å². The molecular weight excluding hydrogens is 374 g/mol. The number of aromatic nitrogens is 2. The molecule has 28 heavy (non-hydrogen) atoms. The van der Waals surface area contributed by atoms with Crippen molar-refractivity contribution in [3.05, 3.63) is 93.9 Å². The first-order valence-electron chi connectivity index (χ1n) is 8.72. The van der Waals surface area contributed by atoms with Gasteiger partial charge in [-0.2, -0.15) is 0 Å². The van der Waals surface area contributed by atoms with Gasteiger partial charge in [-0.1, -0.05) is 48.0 Å². The summed E-state index contributed by atoms with van der Waals surface area (Å²) in [6.45, 7) is 0. The molecule has 1 amide bonds. The summed E-state index contributed by atoms with van der Waals surface area (Å²) < 4.78 is 0. The molecule has 138 valence electrons. The Morgan fingerprint density at radius 3 is 2.54 bits per heavy atom. The predicted octanol–water partition coefficient (Wildman–Crippen LogP) is 4.42. The topological polar surface area (TPSA) is 74.8 Å². The van der Waals surface area contributed by atoms with Crippen molar-refractivity contribution in [1.29, 1.82) is 0 Å². The first kappa shape index (κ1) is 17.9. The van der Waals surface area contributed by atoms with Gasteiger partial charge in [-0.05, 0) is 35.7 Å². The molecular formula is C22H16ClN3O2. The summed E-state index contributed by atoms with van der Waals surface area (Å²) >= 11 is 5.88. The molecule has 1 heterocycles. The number of benzene rings is 3. The first-order valence-corrected chi connectivity index (χ1v) is 9.10. The Morgan fingerprint density at radius 1 is 1.00 bits per heavy atom. The number of anilines is 1. The molecule has 0 fully saturated rings. The number of hydrogen-bond acceptors (Lipinski definition) is 3. The van der Waals surface area contributed by atoms with Crippen molar-refractivity contribution in [2.24, 2.45) is 0 Å². The van der Waals surface area contributed by atoms with Crippen LogP contribution < -0.4 is 10.9 Å². The second kappa shape index (κ2) is 7.66. The average molecular weight is 390 g/mol. The van der Waals surface area contributed by atoms with Crippen LogP contribution in [0.1, 0.15) is 5.56 Å². The van der Waals surface area contributed by atoms with Gasteiger partial charge in [0.1, 0.15) is 5.82 Å². The van der Waals surface area contributed by atoms with Gasteiger partial charge < -0.3 is 10.3 Å². The van der Waals surface area contributed by atoms with E-state index in [9.17, 15) is 9.59 Å². The predicted molar refractivity (Wildman–Crippen MR) is 112 cm³/mol. The fraction of sp³-hybridized carbons (Fsp3) is 0.0455. The summed E-state index contributed by atoms with van der Waals surface area (Å²) in [6, 6.07) is 20.5. The van der Waals surface area contributed by atoms with E-state index in [2.05, 4.69) is 15.3 Å². The smallest absolute Gasteiger partial charge is 0.254 e. The van der Waals surface area contributed by atoms with Gasteiger partial charge in [0.2, 0.25) is 5.91 Å². The number of nitrogens with one attached hydrogen (secondary N) is 2. The van der Waals surface area contributed by atoms with Crippen LogP contribution in [0.2, 0.25) is 5.02 Å². The van der Waals surface area contributed by atoms with Gasteiger partial charge in [0.15, 0.2) is 0 Å². The number of rotatable bonds is 4. The van der Waals surface area contributed by atoms with E-state index in [4.69, 9.17) is 11.6 Å². The molecule has 0 spiro atoms. The van der Waals surface area contributed by atoms with Crippen LogP contribution in [-0.4, -0.2) is 15.9 Å². The van der Waals surface area contributed by atoms with Gasteiger partial charge in [0, 0.05) is 33.4 Å². The molecule has 5 nitrogen and oxygen atoms in total. The van der Waals surface area contributed by atoms with E-state index in [0.717, 1.165) is 16.3 Å². The molecule has 0 aliphatic heterocycles. The zero-order valence-corrected chi connectivity index (χ0v) is 15.5. The van der Waals surface area contributed by atoms with E-state index < -0.39 is 0 Å². The molecule has 0 atom stereocenters. The molecule has 4 rings (SSSR count). The molecule has 0 saturated carbocycles. The van der Waals surface area contributed by atoms with E-state index in [1.165, 1.54) is 6.20 Å². The molecule has 0 aliphatic rings. The SMILES string of the molecule is O=C(Cc1cnc(-c2ccc(Cl)cc2)[nH]c1=O)Nc1cccc2ccccc12. The van der Waals surface area contributed by atoms with E-state index in [1.54, 1.807) is 24.3 Å². The molecule has 2 N–H and O–H groups in total. The number of carbonyl (C=O) groups is 1. The summed E-state index contributed by atoms with van der Waals surface area (Å²) in [5.74, 6) is 0.155. The highest BCUT2D eigenvalue weighted by molar-refractivity contribution is 6.30. The number of H-pyrrole nitrogens is 1. The summed E-state index contributed by atoms with van der Waals surface area (Å²) in [4.78, 5) is 31.8. The Balaban J connectivity index is 1.53. The molecule has 1 aromatic heterocycles. The fourth-order valence-corrected chi connectivity index (χ4v) is 3.13. The van der Waals surface area contributed by atoms with Gasteiger partial charge in [-0.15, -0.1) is 0 Å². The largest absolute Gasteiger partial charge is 0.325 e. The zero-order valence-electron chi connectivity index (χ0n) is 14.8. The lowest BCUT2D eigenvalue weighted by Crippen LogP contribution is -2.22. The van der Waals surface area contributed by atoms with Crippen LogP contribution >= 0.6 is 11.6 Å². The van der Waals surface area contributed by atoms with Crippen LogP contribution in [0.3, 0.4) is 0 Å². The third kappa shape index (κ3) is 3.80. The number of amides is 1. The van der Waals surface area contributed by atoms with Crippen LogP contribution in [0.15, 0.2) is 77.7 Å². The Bertz CT molecular complexity index is 1210. The maximum atomic E-state index is 12.5. The van der Waals surface area contributed by atoms with Crippen LogP contribution in [0, 0.1) is 0 Å². The third-order valence-electron chi connectivity index (χ3n) is 4.41. The normalized spacial score (nSPS) is 10.8. The number of halogens is 1. The molecule has 0 saturated heterocycles. The van der Waals surface area contributed by atoms with Crippen molar-refractivity contribution in [3.63, 3.8) is 0 Å². The lowest BCUT2D eigenvalue weighted by molar-refractivity contribution is -0.115. The van der Waals surface area contributed by atoms with Crippen molar-refractivity contribution in [2.75, 3.05) is 5.32 Å². The van der Waals surface area contributed by atoms with Crippen LogP contribution in [0.5, 0.6) is 0 Å². The Kier molecular flexibility index (Phi) is 4.91. The molecule has 0 radical (unpaired) electrons. The monoisotopic (exact) mass is 389 g/mol. The van der Waals surface area contributed by atoms with Crippen LogP contribution in [0.25, 0.3) is 22.2 Å². The van der Waals surface area contributed by atoms with Crippen molar-refractivity contribution in [2.45, 2.75) is 6.42 Å². The Labute approximate surface area is 166 Å². The summed E-state index contributed by atoms with van der Waals surface area (Å²) in [5.41, 5.74) is 1.42. The number of aromatic amines is 1. The van der Waals surface area contributed by atoms with Crippen LogP contribution in [0.4, 0.5) is 5.69 Å². The molecule has 0 unspecified atom stereocenters. The fourth-order valence-electron chi connectivity index (χ4n) is 3.00. The van der Waals surface area contributed by atoms with Gasteiger partial charge in [-0.25, -0.2) is 4.98 Å². The van der Waals surface area contributed by atoms with Crippen molar-refractivity contribution in [1.82, 2.24) is 9.97 Å². The minimum absolute atomic E-state index is 0.0630. The number of carbonyl (C=O) groups excluding carboxylic acids is 1. The van der Waals surface area contributed by atoms with Gasteiger partial charge in [-0.3, -0.25) is 9.59 Å². The van der Waals surface area contributed by atoms with Gasteiger partial charge in [0.25, 0.3) is 5.56 Å².